The Hall–Kier alpha value is -1.07. The molecule has 0 spiro atoms. The topological polar surface area (TPSA) is 21.3 Å². The molecular weight excluding hydrogens is 207 g/mol. The Bertz CT molecular complexity index is 307. The molecular formula is C10H12F3NO. The smallest absolute Gasteiger partial charge is 0.194 e. The van der Waals surface area contributed by atoms with Crippen molar-refractivity contribution in [1.82, 2.24) is 5.32 Å². The third kappa shape index (κ3) is 3.53. The van der Waals surface area contributed by atoms with E-state index in [1.165, 1.54) is 0 Å². The van der Waals surface area contributed by atoms with Gasteiger partial charge in [0, 0.05) is 20.2 Å². The summed E-state index contributed by atoms with van der Waals surface area (Å²) in [5, 5.41) is 2.90. The van der Waals surface area contributed by atoms with Crippen LogP contribution >= 0.6 is 0 Å². The number of halogens is 3. The van der Waals surface area contributed by atoms with Crippen LogP contribution in [0.15, 0.2) is 12.1 Å². The van der Waals surface area contributed by atoms with Gasteiger partial charge >= 0.3 is 0 Å². The molecule has 5 heteroatoms. The molecule has 0 radical (unpaired) electrons. The molecule has 2 nitrogen and oxygen atoms in total. The average Bonchev–Trinajstić information content (AvgIpc) is 2.21. The Morgan fingerprint density at radius 2 is 1.80 bits per heavy atom. The van der Waals surface area contributed by atoms with Gasteiger partial charge in [0.2, 0.25) is 0 Å². The monoisotopic (exact) mass is 219 g/mol. The van der Waals surface area contributed by atoms with Gasteiger partial charge < -0.3 is 10.1 Å². The minimum Gasteiger partial charge on any atom is -0.383 e. The highest BCUT2D eigenvalue weighted by molar-refractivity contribution is 5.19. The minimum atomic E-state index is -1.43. The van der Waals surface area contributed by atoms with Crippen molar-refractivity contribution in [1.29, 1.82) is 0 Å². The zero-order chi connectivity index (χ0) is 11.3. The Labute approximate surface area is 86.1 Å². The van der Waals surface area contributed by atoms with Crippen LogP contribution in [0.3, 0.4) is 0 Å². The van der Waals surface area contributed by atoms with Gasteiger partial charge in [0.1, 0.15) is 0 Å². The van der Waals surface area contributed by atoms with E-state index in [4.69, 9.17) is 4.74 Å². The number of rotatable bonds is 5. The number of benzene rings is 1. The standard InChI is InChI=1S/C10H12F3NO/c1-15-3-2-14-6-7-4-8(11)10(13)9(12)5-7/h4-5,14H,2-3,6H2,1H3. The third-order valence-electron chi connectivity index (χ3n) is 1.86. The van der Waals surface area contributed by atoms with Crippen LogP contribution in [0.2, 0.25) is 0 Å². The molecule has 0 saturated carbocycles. The molecule has 0 aliphatic heterocycles. The van der Waals surface area contributed by atoms with Crippen LogP contribution in [-0.4, -0.2) is 20.3 Å². The van der Waals surface area contributed by atoms with E-state index in [-0.39, 0.29) is 6.54 Å². The second-order valence-corrected chi connectivity index (χ2v) is 3.04. The van der Waals surface area contributed by atoms with Gasteiger partial charge in [-0.3, -0.25) is 0 Å². The Balaban J connectivity index is 2.55. The van der Waals surface area contributed by atoms with Crippen molar-refractivity contribution in [2.24, 2.45) is 0 Å². The van der Waals surface area contributed by atoms with Crippen molar-refractivity contribution in [3.05, 3.63) is 35.1 Å². The predicted molar refractivity (Wildman–Crippen MR) is 49.9 cm³/mol. The Morgan fingerprint density at radius 1 is 1.20 bits per heavy atom. The maximum Gasteiger partial charge on any atom is 0.194 e. The lowest BCUT2D eigenvalue weighted by Gasteiger charge is -2.05. The highest BCUT2D eigenvalue weighted by Gasteiger charge is 2.09. The summed E-state index contributed by atoms with van der Waals surface area (Å²) < 4.78 is 42.8. The minimum absolute atomic E-state index is 0.275. The summed E-state index contributed by atoms with van der Waals surface area (Å²) in [5.74, 6) is -3.77. The highest BCUT2D eigenvalue weighted by atomic mass is 19.2. The van der Waals surface area contributed by atoms with Crippen LogP contribution < -0.4 is 5.32 Å². The number of methoxy groups -OCH3 is 1. The molecule has 1 N–H and O–H groups in total. The number of ether oxygens (including phenoxy) is 1. The van der Waals surface area contributed by atoms with Gasteiger partial charge in [-0.05, 0) is 17.7 Å². The molecule has 0 aromatic heterocycles. The molecule has 0 atom stereocenters. The number of hydrogen-bond acceptors (Lipinski definition) is 2. The number of hydrogen-bond donors (Lipinski definition) is 1. The van der Waals surface area contributed by atoms with E-state index >= 15 is 0 Å². The second kappa shape index (κ2) is 5.72. The second-order valence-electron chi connectivity index (χ2n) is 3.04. The molecule has 15 heavy (non-hydrogen) atoms. The lowest BCUT2D eigenvalue weighted by atomic mass is 10.2. The summed E-state index contributed by atoms with van der Waals surface area (Å²) in [6.07, 6.45) is 0. The molecule has 0 amide bonds. The number of nitrogens with one attached hydrogen (secondary N) is 1. The van der Waals surface area contributed by atoms with E-state index in [1.54, 1.807) is 7.11 Å². The summed E-state index contributed by atoms with van der Waals surface area (Å²) >= 11 is 0. The van der Waals surface area contributed by atoms with Crippen LogP contribution in [0, 0.1) is 17.5 Å². The fourth-order valence-electron chi connectivity index (χ4n) is 1.12. The van der Waals surface area contributed by atoms with Gasteiger partial charge in [-0.25, -0.2) is 13.2 Å². The Kier molecular flexibility index (Phi) is 4.58. The van der Waals surface area contributed by atoms with Crippen LogP contribution in [0.4, 0.5) is 13.2 Å². The lowest BCUT2D eigenvalue weighted by Crippen LogP contribution is -2.18. The molecule has 0 aliphatic carbocycles. The highest BCUT2D eigenvalue weighted by Crippen LogP contribution is 2.13. The van der Waals surface area contributed by atoms with Crippen LogP contribution in [-0.2, 0) is 11.3 Å². The summed E-state index contributed by atoms with van der Waals surface area (Å²) in [7, 11) is 1.55. The van der Waals surface area contributed by atoms with Gasteiger partial charge in [0.25, 0.3) is 0 Å². The van der Waals surface area contributed by atoms with Gasteiger partial charge in [-0.2, -0.15) is 0 Å². The van der Waals surface area contributed by atoms with E-state index in [0.717, 1.165) is 12.1 Å². The summed E-state index contributed by atoms with van der Waals surface area (Å²) in [4.78, 5) is 0. The first-order chi connectivity index (χ1) is 7.15. The van der Waals surface area contributed by atoms with E-state index in [1.807, 2.05) is 0 Å². The summed E-state index contributed by atoms with van der Waals surface area (Å²) in [6, 6.07) is 1.94. The van der Waals surface area contributed by atoms with E-state index in [9.17, 15) is 13.2 Å². The maximum absolute atomic E-state index is 12.7. The maximum atomic E-state index is 12.7. The zero-order valence-corrected chi connectivity index (χ0v) is 8.32. The fraction of sp³-hybridized carbons (Fsp3) is 0.400. The molecule has 1 aromatic carbocycles. The lowest BCUT2D eigenvalue weighted by molar-refractivity contribution is 0.199. The van der Waals surface area contributed by atoms with Gasteiger partial charge in [-0.15, -0.1) is 0 Å². The quantitative estimate of drug-likeness (QED) is 0.602. The fourth-order valence-corrected chi connectivity index (χ4v) is 1.12. The molecule has 0 bridgehead atoms. The van der Waals surface area contributed by atoms with Gasteiger partial charge in [-0.1, -0.05) is 0 Å². The molecule has 0 saturated heterocycles. The molecule has 0 fully saturated rings. The first kappa shape index (κ1) is 12.0. The Morgan fingerprint density at radius 3 is 2.33 bits per heavy atom. The van der Waals surface area contributed by atoms with E-state index in [2.05, 4.69) is 5.32 Å². The molecule has 0 unspecified atom stereocenters. The van der Waals surface area contributed by atoms with Gasteiger partial charge in [0.15, 0.2) is 17.5 Å². The van der Waals surface area contributed by atoms with Crippen molar-refractivity contribution in [2.75, 3.05) is 20.3 Å². The molecule has 84 valence electrons. The zero-order valence-electron chi connectivity index (χ0n) is 8.32. The molecule has 1 rings (SSSR count). The average molecular weight is 219 g/mol. The SMILES string of the molecule is COCCNCc1cc(F)c(F)c(F)c1. The normalized spacial score (nSPS) is 10.7. The van der Waals surface area contributed by atoms with E-state index in [0.29, 0.717) is 18.7 Å². The summed E-state index contributed by atoms with van der Waals surface area (Å²) in [6.45, 7) is 1.35. The summed E-state index contributed by atoms with van der Waals surface area (Å²) in [5.41, 5.74) is 0.363. The van der Waals surface area contributed by atoms with Crippen LogP contribution in [0.25, 0.3) is 0 Å². The largest absolute Gasteiger partial charge is 0.383 e. The van der Waals surface area contributed by atoms with Crippen LogP contribution in [0.1, 0.15) is 5.56 Å². The molecule has 0 aliphatic rings. The van der Waals surface area contributed by atoms with Crippen molar-refractivity contribution >= 4 is 0 Å². The van der Waals surface area contributed by atoms with Crippen molar-refractivity contribution < 1.29 is 17.9 Å². The van der Waals surface area contributed by atoms with Gasteiger partial charge in [0.05, 0.1) is 6.61 Å². The molecule has 0 heterocycles. The molecule has 1 aromatic rings. The first-order valence-electron chi connectivity index (χ1n) is 4.48. The van der Waals surface area contributed by atoms with Crippen LogP contribution in [0.5, 0.6) is 0 Å². The van der Waals surface area contributed by atoms with Crippen molar-refractivity contribution in [3.8, 4) is 0 Å². The van der Waals surface area contributed by atoms with Crippen molar-refractivity contribution in [3.63, 3.8) is 0 Å². The predicted octanol–water partition coefficient (Wildman–Crippen LogP) is 1.84. The third-order valence-corrected chi connectivity index (χ3v) is 1.86. The van der Waals surface area contributed by atoms with E-state index < -0.39 is 17.5 Å². The van der Waals surface area contributed by atoms with Crippen molar-refractivity contribution in [2.45, 2.75) is 6.54 Å². The first-order valence-corrected chi connectivity index (χ1v) is 4.48.